The number of nitro benzene ring substituents is 1. The standard InChI is InChI=1S/C24H27N3O5/c1-12-6-15-16(7-13(12)2)26-22(21-17(25-15)10-24(3,4)11-19(21)28)14-8-18(27(30)31)23(29)20(9-14)32-5/h6-9,22,25-26,29H,10-11H2,1-5H3/t22-/m1/s1. The molecule has 0 aromatic heterocycles. The molecule has 1 aliphatic heterocycles. The lowest BCUT2D eigenvalue weighted by Gasteiger charge is -2.34. The van der Waals surface area contributed by atoms with E-state index in [9.17, 15) is 20.0 Å². The van der Waals surface area contributed by atoms with Crippen molar-refractivity contribution in [2.75, 3.05) is 17.7 Å². The van der Waals surface area contributed by atoms with E-state index in [1.165, 1.54) is 13.2 Å². The first-order valence-corrected chi connectivity index (χ1v) is 10.5. The number of phenols is 1. The van der Waals surface area contributed by atoms with Crippen LogP contribution in [-0.2, 0) is 4.79 Å². The van der Waals surface area contributed by atoms with Gasteiger partial charge in [0.25, 0.3) is 0 Å². The molecule has 168 valence electrons. The third-order valence-electron chi connectivity index (χ3n) is 6.26. The zero-order chi connectivity index (χ0) is 23.4. The van der Waals surface area contributed by atoms with Gasteiger partial charge in [0.2, 0.25) is 5.75 Å². The number of methoxy groups -OCH3 is 1. The van der Waals surface area contributed by atoms with Crippen molar-refractivity contribution in [1.82, 2.24) is 0 Å². The van der Waals surface area contributed by atoms with Crippen LogP contribution in [0.1, 0.15) is 49.4 Å². The summed E-state index contributed by atoms with van der Waals surface area (Å²) in [5, 5.41) is 28.7. The van der Waals surface area contributed by atoms with Gasteiger partial charge in [0.15, 0.2) is 11.5 Å². The number of anilines is 2. The Bertz CT molecular complexity index is 1180. The molecule has 0 fully saturated rings. The van der Waals surface area contributed by atoms with Gasteiger partial charge in [0, 0.05) is 23.8 Å². The van der Waals surface area contributed by atoms with Crippen molar-refractivity contribution in [2.45, 2.75) is 46.6 Å². The quantitative estimate of drug-likeness (QED) is 0.449. The van der Waals surface area contributed by atoms with Crippen LogP contribution < -0.4 is 15.4 Å². The summed E-state index contributed by atoms with van der Waals surface area (Å²) >= 11 is 0. The third kappa shape index (κ3) is 3.66. The van der Waals surface area contributed by atoms with E-state index in [0.29, 0.717) is 24.0 Å². The largest absolute Gasteiger partial charge is 0.500 e. The molecule has 0 amide bonds. The van der Waals surface area contributed by atoms with E-state index in [1.807, 2.05) is 26.0 Å². The van der Waals surface area contributed by atoms with Gasteiger partial charge >= 0.3 is 5.69 Å². The first kappa shape index (κ1) is 21.7. The van der Waals surface area contributed by atoms with Crippen LogP contribution in [0.3, 0.4) is 0 Å². The minimum absolute atomic E-state index is 0.0146. The number of carbonyl (C=O) groups is 1. The van der Waals surface area contributed by atoms with Crippen LogP contribution in [0.25, 0.3) is 0 Å². The molecule has 0 saturated heterocycles. The summed E-state index contributed by atoms with van der Waals surface area (Å²) in [7, 11) is 1.34. The van der Waals surface area contributed by atoms with Gasteiger partial charge in [-0.1, -0.05) is 13.8 Å². The fraction of sp³-hybridized carbons (Fsp3) is 0.375. The molecule has 8 heteroatoms. The van der Waals surface area contributed by atoms with E-state index in [2.05, 4.69) is 24.5 Å². The van der Waals surface area contributed by atoms with Gasteiger partial charge in [-0.3, -0.25) is 14.9 Å². The number of carbonyl (C=O) groups excluding carboxylic acids is 1. The number of nitrogens with one attached hydrogen (secondary N) is 2. The number of Topliss-reactive ketones (excluding diaryl/α,β-unsaturated/α-hetero) is 1. The molecule has 0 bridgehead atoms. The predicted molar refractivity (Wildman–Crippen MR) is 122 cm³/mol. The van der Waals surface area contributed by atoms with Crippen molar-refractivity contribution >= 4 is 22.8 Å². The number of hydrogen-bond donors (Lipinski definition) is 3. The van der Waals surface area contributed by atoms with Crippen LogP contribution in [-0.4, -0.2) is 22.9 Å². The van der Waals surface area contributed by atoms with Gasteiger partial charge in [-0.15, -0.1) is 0 Å². The first-order chi connectivity index (χ1) is 15.0. The highest BCUT2D eigenvalue weighted by Crippen LogP contribution is 2.48. The maximum atomic E-state index is 13.4. The van der Waals surface area contributed by atoms with Gasteiger partial charge < -0.3 is 20.5 Å². The molecule has 0 spiro atoms. The highest BCUT2D eigenvalue weighted by Gasteiger charge is 2.39. The number of allylic oxidation sites excluding steroid dienone is 1. The van der Waals surface area contributed by atoms with E-state index in [0.717, 1.165) is 28.2 Å². The van der Waals surface area contributed by atoms with Gasteiger partial charge in [-0.25, -0.2) is 0 Å². The first-order valence-electron chi connectivity index (χ1n) is 10.5. The number of phenolic OH excluding ortho intramolecular Hbond substituents is 1. The summed E-state index contributed by atoms with van der Waals surface area (Å²) in [6.45, 7) is 8.14. The van der Waals surface area contributed by atoms with E-state index >= 15 is 0 Å². The number of aromatic hydroxyl groups is 1. The lowest BCUT2D eigenvalue weighted by molar-refractivity contribution is -0.386. The molecule has 2 aliphatic rings. The fourth-order valence-electron chi connectivity index (χ4n) is 4.54. The van der Waals surface area contributed by atoms with Crippen LogP contribution in [0.15, 0.2) is 35.5 Å². The van der Waals surface area contributed by atoms with Crippen molar-refractivity contribution in [3.63, 3.8) is 0 Å². The molecule has 1 aliphatic carbocycles. The molecule has 0 radical (unpaired) electrons. The topological polar surface area (TPSA) is 114 Å². The Labute approximate surface area is 186 Å². The number of nitro groups is 1. The van der Waals surface area contributed by atoms with Crippen molar-refractivity contribution in [1.29, 1.82) is 0 Å². The fourth-order valence-corrected chi connectivity index (χ4v) is 4.54. The van der Waals surface area contributed by atoms with Crippen LogP contribution in [0.2, 0.25) is 0 Å². The molecule has 1 heterocycles. The van der Waals surface area contributed by atoms with Crippen molar-refractivity contribution in [3.8, 4) is 11.5 Å². The number of ether oxygens (including phenoxy) is 1. The van der Waals surface area contributed by atoms with E-state index in [1.54, 1.807) is 6.07 Å². The molecule has 2 aromatic carbocycles. The van der Waals surface area contributed by atoms with Crippen LogP contribution in [0.5, 0.6) is 11.5 Å². The number of rotatable bonds is 3. The summed E-state index contributed by atoms with van der Waals surface area (Å²) < 4.78 is 5.20. The molecular formula is C24H27N3O5. The SMILES string of the molecule is COc1cc([C@H]2Nc3cc(C)c(C)cc3NC3=C2C(=O)CC(C)(C)C3)cc([N+](=O)[O-])c1O. The molecule has 2 aromatic rings. The molecule has 0 saturated carbocycles. The zero-order valence-corrected chi connectivity index (χ0v) is 18.8. The number of ketones is 1. The molecule has 1 atom stereocenters. The Morgan fingerprint density at radius 3 is 2.41 bits per heavy atom. The minimum Gasteiger partial charge on any atom is -0.500 e. The monoisotopic (exact) mass is 437 g/mol. The summed E-state index contributed by atoms with van der Waals surface area (Å²) in [4.78, 5) is 24.3. The molecule has 3 N–H and O–H groups in total. The Kier molecular flexibility index (Phi) is 5.11. The Morgan fingerprint density at radius 1 is 1.12 bits per heavy atom. The molecule has 32 heavy (non-hydrogen) atoms. The Hall–Kier alpha value is -3.55. The summed E-state index contributed by atoms with van der Waals surface area (Å²) in [5.74, 6) is -0.568. The maximum absolute atomic E-state index is 13.4. The van der Waals surface area contributed by atoms with Gasteiger partial charge in [-0.05, 0) is 60.6 Å². The number of fused-ring (bicyclic) bond motifs is 1. The smallest absolute Gasteiger partial charge is 0.315 e. The molecule has 0 unspecified atom stereocenters. The van der Waals surface area contributed by atoms with Crippen LogP contribution in [0, 0.1) is 29.4 Å². The van der Waals surface area contributed by atoms with Gasteiger partial charge in [0.05, 0.1) is 29.4 Å². The minimum atomic E-state index is -0.654. The lowest BCUT2D eigenvalue weighted by atomic mass is 9.73. The lowest BCUT2D eigenvalue weighted by Crippen LogP contribution is -2.31. The molecule has 4 rings (SSSR count). The maximum Gasteiger partial charge on any atom is 0.315 e. The second-order valence-corrected chi connectivity index (χ2v) is 9.37. The highest BCUT2D eigenvalue weighted by molar-refractivity contribution is 6.01. The normalized spacial score (nSPS) is 19.3. The van der Waals surface area contributed by atoms with Gasteiger partial charge in [0.1, 0.15) is 0 Å². The van der Waals surface area contributed by atoms with E-state index in [-0.39, 0.29) is 16.9 Å². The predicted octanol–water partition coefficient (Wildman–Crippen LogP) is 5.15. The third-order valence-corrected chi connectivity index (χ3v) is 6.26. The van der Waals surface area contributed by atoms with Gasteiger partial charge in [-0.2, -0.15) is 0 Å². The number of benzene rings is 2. The second-order valence-electron chi connectivity index (χ2n) is 9.37. The van der Waals surface area contributed by atoms with Crippen LogP contribution in [0.4, 0.5) is 17.1 Å². The number of hydrogen-bond acceptors (Lipinski definition) is 7. The highest BCUT2D eigenvalue weighted by atomic mass is 16.6. The average Bonchev–Trinajstić information content (AvgIpc) is 2.84. The zero-order valence-electron chi connectivity index (χ0n) is 18.8. The van der Waals surface area contributed by atoms with Crippen molar-refractivity contribution in [3.05, 3.63) is 62.3 Å². The summed E-state index contributed by atoms with van der Waals surface area (Å²) in [6.07, 6.45) is 1.04. The van der Waals surface area contributed by atoms with E-state index in [4.69, 9.17) is 4.74 Å². The Balaban J connectivity index is 1.97. The summed E-state index contributed by atoms with van der Waals surface area (Å²) in [6, 6.07) is 6.25. The second kappa shape index (κ2) is 7.55. The van der Waals surface area contributed by atoms with Crippen molar-refractivity contribution in [2.24, 2.45) is 5.41 Å². The molecular weight excluding hydrogens is 410 g/mol. The molecule has 8 nitrogen and oxygen atoms in total. The summed E-state index contributed by atoms with van der Waals surface area (Å²) in [5.41, 5.74) is 5.00. The average molecular weight is 437 g/mol. The van der Waals surface area contributed by atoms with Crippen molar-refractivity contribution < 1.29 is 19.6 Å². The Morgan fingerprint density at radius 2 is 1.78 bits per heavy atom. The van der Waals surface area contributed by atoms with Crippen LogP contribution >= 0.6 is 0 Å². The number of aryl methyl sites for hydroxylation is 2. The van der Waals surface area contributed by atoms with E-state index < -0.39 is 22.4 Å². The number of nitrogens with zero attached hydrogens (tertiary/aromatic N) is 1.